The lowest BCUT2D eigenvalue weighted by molar-refractivity contribution is -0.307. The lowest BCUT2D eigenvalue weighted by atomic mass is 10.1. The minimum absolute atomic E-state index is 0.176. The average Bonchev–Trinajstić information content (AvgIpc) is 2.91. The van der Waals surface area contributed by atoms with E-state index in [4.69, 9.17) is 9.15 Å². The van der Waals surface area contributed by atoms with Gasteiger partial charge in [0.2, 0.25) is 5.43 Å². The van der Waals surface area contributed by atoms with Crippen LogP contribution in [0.2, 0.25) is 0 Å². The third-order valence-electron chi connectivity index (χ3n) is 3.25. The minimum atomic E-state index is -1.32. The van der Waals surface area contributed by atoms with Gasteiger partial charge in [0.05, 0.1) is 16.9 Å². The second-order valence-corrected chi connectivity index (χ2v) is 5.90. The number of benzene rings is 1. The van der Waals surface area contributed by atoms with E-state index in [0.29, 0.717) is 32.9 Å². The van der Waals surface area contributed by atoms with Gasteiger partial charge in [-0.25, -0.2) is 4.98 Å². The molecule has 0 saturated carbocycles. The molecule has 0 N–H and O–H groups in total. The summed E-state index contributed by atoms with van der Waals surface area (Å²) < 4.78 is 10.6. The van der Waals surface area contributed by atoms with E-state index in [1.165, 1.54) is 23.7 Å². The fraction of sp³-hybridized carbons (Fsp3) is 0.188. The van der Waals surface area contributed by atoms with Crippen molar-refractivity contribution in [1.29, 1.82) is 0 Å². The first-order valence-corrected chi connectivity index (χ1v) is 7.65. The molecular weight excluding hydrogens is 318 g/mol. The van der Waals surface area contributed by atoms with Gasteiger partial charge in [-0.1, -0.05) is 0 Å². The van der Waals surface area contributed by atoms with Crippen molar-refractivity contribution in [3.05, 3.63) is 45.3 Å². The molecule has 6 nitrogen and oxygen atoms in total. The predicted molar refractivity (Wildman–Crippen MR) is 83.6 cm³/mol. The summed E-state index contributed by atoms with van der Waals surface area (Å²) in [6.45, 7) is 3.03. The lowest BCUT2D eigenvalue weighted by Crippen LogP contribution is -2.28. The van der Waals surface area contributed by atoms with Crippen molar-refractivity contribution in [3.8, 4) is 16.3 Å². The van der Waals surface area contributed by atoms with E-state index in [1.807, 2.05) is 12.3 Å². The van der Waals surface area contributed by atoms with Crippen molar-refractivity contribution < 1.29 is 19.1 Å². The summed E-state index contributed by atoms with van der Waals surface area (Å²) in [6.07, 6.45) is 1.37. The smallest absolute Gasteiger partial charge is 0.203 e. The third-order valence-corrected chi connectivity index (χ3v) is 4.25. The van der Waals surface area contributed by atoms with Gasteiger partial charge in [0, 0.05) is 17.1 Å². The average molecular weight is 330 g/mol. The maximum absolute atomic E-state index is 12.7. The van der Waals surface area contributed by atoms with E-state index in [0.717, 1.165) is 5.69 Å². The molecule has 0 amide bonds. The zero-order valence-electron chi connectivity index (χ0n) is 12.4. The van der Waals surface area contributed by atoms with Crippen molar-refractivity contribution in [3.63, 3.8) is 0 Å². The van der Waals surface area contributed by atoms with Gasteiger partial charge in [-0.3, -0.25) is 4.79 Å². The fourth-order valence-corrected chi connectivity index (χ4v) is 3.07. The van der Waals surface area contributed by atoms with Crippen LogP contribution in [0.1, 0.15) is 11.3 Å². The van der Waals surface area contributed by atoms with Crippen LogP contribution >= 0.6 is 11.3 Å². The molecule has 0 aliphatic heterocycles. The summed E-state index contributed by atoms with van der Waals surface area (Å²) >= 11 is 1.38. The highest BCUT2D eigenvalue weighted by Gasteiger charge is 2.14. The topological polar surface area (TPSA) is 92.5 Å². The number of rotatable bonds is 4. The summed E-state index contributed by atoms with van der Waals surface area (Å²) in [7, 11) is 0. The maximum Gasteiger partial charge on any atom is 0.203 e. The Labute approximate surface area is 135 Å². The Morgan fingerprint density at radius 3 is 2.83 bits per heavy atom. The number of carboxylic acid groups (broad SMARTS) is 1. The number of aliphatic carboxylic acids is 1. The van der Waals surface area contributed by atoms with Crippen LogP contribution in [0.5, 0.6) is 5.75 Å². The standard InChI is InChI=1S/C16H13NO5S/c1-8-3-10(21-6-13(18)19)4-12-14(8)15(20)11(5-22-12)16-17-9(2)7-23-16/h3-5,7H,6H2,1-2H3,(H,18,19)/p-1. The van der Waals surface area contributed by atoms with E-state index < -0.39 is 12.6 Å². The van der Waals surface area contributed by atoms with Crippen molar-refractivity contribution >= 4 is 28.3 Å². The van der Waals surface area contributed by atoms with E-state index in [9.17, 15) is 14.7 Å². The molecule has 0 fully saturated rings. The third kappa shape index (κ3) is 2.95. The van der Waals surface area contributed by atoms with Gasteiger partial charge in [-0.15, -0.1) is 11.3 Å². The van der Waals surface area contributed by atoms with Gasteiger partial charge in [-0.2, -0.15) is 0 Å². The number of carbonyl (C=O) groups excluding carboxylic acids is 1. The van der Waals surface area contributed by atoms with E-state index >= 15 is 0 Å². The molecule has 0 unspecified atom stereocenters. The molecule has 0 aliphatic rings. The first kappa shape index (κ1) is 15.2. The zero-order valence-corrected chi connectivity index (χ0v) is 13.2. The number of thiazole rings is 1. The van der Waals surface area contributed by atoms with Crippen molar-refractivity contribution in [2.24, 2.45) is 0 Å². The van der Waals surface area contributed by atoms with Crippen molar-refractivity contribution in [1.82, 2.24) is 4.98 Å². The number of hydrogen-bond donors (Lipinski definition) is 0. The number of ether oxygens (including phenoxy) is 1. The van der Waals surface area contributed by atoms with Crippen LogP contribution in [0.4, 0.5) is 0 Å². The van der Waals surface area contributed by atoms with Gasteiger partial charge in [0.15, 0.2) is 0 Å². The van der Waals surface area contributed by atoms with Crippen molar-refractivity contribution in [2.45, 2.75) is 13.8 Å². The molecule has 7 heteroatoms. The molecule has 118 valence electrons. The molecule has 2 aromatic heterocycles. The van der Waals surface area contributed by atoms with Crippen LogP contribution < -0.4 is 15.3 Å². The molecule has 23 heavy (non-hydrogen) atoms. The van der Waals surface area contributed by atoms with E-state index in [-0.39, 0.29) is 5.43 Å². The second kappa shape index (κ2) is 5.85. The largest absolute Gasteiger partial charge is 0.546 e. The molecule has 0 radical (unpaired) electrons. The number of aromatic nitrogens is 1. The second-order valence-electron chi connectivity index (χ2n) is 5.05. The molecule has 1 aromatic carbocycles. The highest BCUT2D eigenvalue weighted by molar-refractivity contribution is 7.13. The van der Waals surface area contributed by atoms with Crippen LogP contribution in [0, 0.1) is 13.8 Å². The van der Waals surface area contributed by atoms with Gasteiger partial charge < -0.3 is 19.1 Å². The summed E-state index contributed by atoms with van der Waals surface area (Å²) in [5.41, 5.74) is 2.04. The summed E-state index contributed by atoms with van der Waals surface area (Å²) in [4.78, 5) is 27.5. The molecule has 0 saturated heterocycles. The van der Waals surface area contributed by atoms with Gasteiger partial charge >= 0.3 is 0 Å². The summed E-state index contributed by atoms with van der Waals surface area (Å²) in [5.74, 6) is -1.01. The van der Waals surface area contributed by atoms with Crippen LogP contribution in [0.3, 0.4) is 0 Å². The fourth-order valence-electron chi connectivity index (χ4n) is 2.27. The Morgan fingerprint density at radius 2 is 2.17 bits per heavy atom. The van der Waals surface area contributed by atoms with E-state index in [2.05, 4.69) is 4.98 Å². The van der Waals surface area contributed by atoms with Gasteiger partial charge in [-0.05, 0) is 25.5 Å². The summed E-state index contributed by atoms with van der Waals surface area (Å²) in [6, 6.07) is 3.09. The number of fused-ring (bicyclic) bond motifs is 1. The van der Waals surface area contributed by atoms with Crippen LogP contribution in [0.25, 0.3) is 21.5 Å². The molecular formula is C16H12NO5S-. The molecule has 0 spiro atoms. The number of carbonyl (C=O) groups is 1. The van der Waals surface area contributed by atoms with Crippen LogP contribution in [0.15, 0.2) is 33.0 Å². The SMILES string of the molecule is Cc1csc(-c2coc3cc(OCC(=O)[O-])cc(C)c3c2=O)n1. The molecule has 0 bridgehead atoms. The predicted octanol–water partition coefficient (Wildman–Crippen LogP) is 1.66. The van der Waals surface area contributed by atoms with Gasteiger partial charge in [0.1, 0.15) is 29.2 Å². The number of carboxylic acids is 1. The normalized spacial score (nSPS) is 10.9. The molecule has 0 aliphatic carbocycles. The summed E-state index contributed by atoms with van der Waals surface area (Å²) in [5, 5.41) is 13.4. The number of hydrogen-bond acceptors (Lipinski definition) is 7. The Hall–Kier alpha value is -2.67. The highest BCUT2D eigenvalue weighted by atomic mass is 32.1. The quantitative estimate of drug-likeness (QED) is 0.722. The lowest BCUT2D eigenvalue weighted by Gasteiger charge is -2.09. The molecule has 3 aromatic rings. The Balaban J connectivity index is 2.11. The van der Waals surface area contributed by atoms with Gasteiger partial charge in [0.25, 0.3) is 0 Å². The number of aryl methyl sites for hydroxylation is 2. The first-order valence-electron chi connectivity index (χ1n) is 6.77. The minimum Gasteiger partial charge on any atom is -0.546 e. The molecule has 2 heterocycles. The first-order chi connectivity index (χ1) is 11.0. The number of nitrogens with zero attached hydrogens (tertiary/aromatic N) is 1. The zero-order chi connectivity index (χ0) is 16.6. The van der Waals surface area contributed by atoms with Crippen LogP contribution in [-0.2, 0) is 4.79 Å². The Kier molecular flexibility index (Phi) is 3.87. The van der Waals surface area contributed by atoms with E-state index in [1.54, 1.807) is 13.0 Å². The Bertz CT molecular complexity index is 957. The Morgan fingerprint density at radius 1 is 1.39 bits per heavy atom. The molecule has 0 atom stereocenters. The van der Waals surface area contributed by atoms with Crippen molar-refractivity contribution in [2.75, 3.05) is 6.61 Å². The molecule has 3 rings (SSSR count). The monoisotopic (exact) mass is 330 g/mol. The maximum atomic E-state index is 12.7. The van der Waals surface area contributed by atoms with Crippen LogP contribution in [-0.4, -0.2) is 17.6 Å². The highest BCUT2D eigenvalue weighted by Crippen LogP contribution is 2.27.